The van der Waals surface area contributed by atoms with E-state index < -0.39 is 5.97 Å². The zero-order valence-electron chi connectivity index (χ0n) is 10.7. The SMILES string of the molecule is Nc1cccc(C(=O)N2CCC(CC(=O)O)CC2)c1. The van der Waals surface area contributed by atoms with Gasteiger partial charge in [0.1, 0.15) is 0 Å². The van der Waals surface area contributed by atoms with Crippen LogP contribution in [0.3, 0.4) is 0 Å². The van der Waals surface area contributed by atoms with Gasteiger partial charge < -0.3 is 15.7 Å². The molecule has 0 spiro atoms. The van der Waals surface area contributed by atoms with Gasteiger partial charge in [-0.1, -0.05) is 6.07 Å². The molecule has 1 saturated heterocycles. The summed E-state index contributed by atoms with van der Waals surface area (Å²) in [5, 5.41) is 8.75. The van der Waals surface area contributed by atoms with Crippen LogP contribution in [0.15, 0.2) is 24.3 Å². The van der Waals surface area contributed by atoms with Crippen molar-refractivity contribution in [1.82, 2.24) is 4.90 Å². The lowest BCUT2D eigenvalue weighted by molar-refractivity contribution is -0.138. The lowest BCUT2D eigenvalue weighted by atomic mass is 9.93. The fraction of sp³-hybridized carbons (Fsp3) is 0.429. The number of aliphatic carboxylic acids is 1. The van der Waals surface area contributed by atoms with Crippen LogP contribution in [-0.4, -0.2) is 35.0 Å². The lowest BCUT2D eigenvalue weighted by Gasteiger charge is -2.31. The minimum absolute atomic E-state index is 0.0268. The molecule has 0 unspecified atom stereocenters. The van der Waals surface area contributed by atoms with Gasteiger partial charge in [-0.2, -0.15) is 0 Å². The molecule has 1 heterocycles. The highest BCUT2D eigenvalue weighted by atomic mass is 16.4. The fourth-order valence-electron chi connectivity index (χ4n) is 2.44. The molecule has 1 aliphatic rings. The first-order valence-corrected chi connectivity index (χ1v) is 6.43. The molecule has 1 aromatic rings. The second kappa shape index (κ2) is 5.73. The van der Waals surface area contributed by atoms with Gasteiger partial charge in [0, 0.05) is 30.8 Å². The van der Waals surface area contributed by atoms with Crippen LogP contribution in [-0.2, 0) is 4.79 Å². The first-order chi connectivity index (χ1) is 9.06. The number of carbonyl (C=O) groups is 2. The Morgan fingerprint density at radius 1 is 1.32 bits per heavy atom. The zero-order chi connectivity index (χ0) is 13.8. The van der Waals surface area contributed by atoms with Crippen molar-refractivity contribution in [3.63, 3.8) is 0 Å². The summed E-state index contributed by atoms with van der Waals surface area (Å²) >= 11 is 0. The molecule has 1 aromatic carbocycles. The number of anilines is 1. The smallest absolute Gasteiger partial charge is 0.303 e. The largest absolute Gasteiger partial charge is 0.481 e. The Kier molecular flexibility index (Phi) is 4.04. The van der Waals surface area contributed by atoms with E-state index in [1.165, 1.54) is 0 Å². The maximum atomic E-state index is 12.2. The Bertz CT molecular complexity index is 479. The van der Waals surface area contributed by atoms with E-state index in [0.29, 0.717) is 24.3 Å². The van der Waals surface area contributed by atoms with Gasteiger partial charge in [0.15, 0.2) is 0 Å². The Morgan fingerprint density at radius 3 is 2.58 bits per heavy atom. The van der Waals surface area contributed by atoms with Gasteiger partial charge in [-0.25, -0.2) is 0 Å². The molecule has 1 fully saturated rings. The summed E-state index contributed by atoms with van der Waals surface area (Å²) < 4.78 is 0. The summed E-state index contributed by atoms with van der Waals surface area (Å²) in [6, 6.07) is 6.93. The van der Waals surface area contributed by atoms with Crippen molar-refractivity contribution < 1.29 is 14.7 Å². The van der Waals surface area contributed by atoms with Crippen LogP contribution < -0.4 is 5.73 Å². The van der Waals surface area contributed by atoms with Crippen molar-refractivity contribution in [3.8, 4) is 0 Å². The topological polar surface area (TPSA) is 83.6 Å². The molecule has 5 heteroatoms. The summed E-state index contributed by atoms with van der Waals surface area (Å²) in [5.74, 6) is -0.607. The lowest BCUT2D eigenvalue weighted by Crippen LogP contribution is -2.38. The number of hydrogen-bond acceptors (Lipinski definition) is 3. The summed E-state index contributed by atoms with van der Waals surface area (Å²) in [5.41, 5.74) is 6.84. The summed E-state index contributed by atoms with van der Waals surface area (Å²) in [4.78, 5) is 24.7. The monoisotopic (exact) mass is 262 g/mol. The zero-order valence-corrected chi connectivity index (χ0v) is 10.7. The normalized spacial score (nSPS) is 16.3. The Balaban J connectivity index is 1.94. The highest BCUT2D eigenvalue weighted by molar-refractivity contribution is 5.95. The molecule has 0 aromatic heterocycles. The van der Waals surface area contributed by atoms with Crippen LogP contribution in [0, 0.1) is 5.92 Å². The minimum Gasteiger partial charge on any atom is -0.481 e. The molecule has 3 N–H and O–H groups in total. The van der Waals surface area contributed by atoms with E-state index in [1.807, 2.05) is 0 Å². The maximum absolute atomic E-state index is 12.2. The molecule has 0 saturated carbocycles. The number of nitrogens with zero attached hydrogens (tertiary/aromatic N) is 1. The average molecular weight is 262 g/mol. The van der Waals surface area contributed by atoms with E-state index in [9.17, 15) is 9.59 Å². The number of piperidine rings is 1. The van der Waals surface area contributed by atoms with E-state index in [2.05, 4.69) is 0 Å². The van der Waals surface area contributed by atoms with Crippen molar-refractivity contribution in [2.45, 2.75) is 19.3 Å². The maximum Gasteiger partial charge on any atom is 0.303 e. The highest BCUT2D eigenvalue weighted by Crippen LogP contribution is 2.22. The van der Waals surface area contributed by atoms with Crippen molar-refractivity contribution in [3.05, 3.63) is 29.8 Å². The standard InChI is InChI=1S/C14H18N2O3/c15-12-3-1-2-11(9-12)14(19)16-6-4-10(5-7-16)8-13(17)18/h1-3,9-10H,4-8,15H2,(H,17,18). The molecular weight excluding hydrogens is 244 g/mol. The molecule has 19 heavy (non-hydrogen) atoms. The summed E-state index contributed by atoms with van der Waals surface area (Å²) in [6.45, 7) is 1.23. The van der Waals surface area contributed by atoms with Crippen LogP contribution >= 0.6 is 0 Å². The van der Waals surface area contributed by atoms with Gasteiger partial charge in [-0.3, -0.25) is 9.59 Å². The van der Waals surface area contributed by atoms with Crippen LogP contribution in [0.4, 0.5) is 5.69 Å². The fourth-order valence-corrected chi connectivity index (χ4v) is 2.44. The van der Waals surface area contributed by atoms with Gasteiger partial charge in [-0.15, -0.1) is 0 Å². The number of carboxylic acids is 1. The predicted molar refractivity (Wildman–Crippen MR) is 71.7 cm³/mol. The number of likely N-dealkylation sites (tertiary alicyclic amines) is 1. The second-order valence-electron chi connectivity index (χ2n) is 4.96. The number of hydrogen-bond donors (Lipinski definition) is 2. The van der Waals surface area contributed by atoms with Gasteiger partial charge in [0.25, 0.3) is 5.91 Å². The van der Waals surface area contributed by atoms with Crippen LogP contribution in [0.1, 0.15) is 29.6 Å². The first-order valence-electron chi connectivity index (χ1n) is 6.43. The first kappa shape index (κ1) is 13.4. The van der Waals surface area contributed by atoms with Crippen LogP contribution in [0.25, 0.3) is 0 Å². The highest BCUT2D eigenvalue weighted by Gasteiger charge is 2.24. The van der Waals surface area contributed by atoms with Crippen molar-refractivity contribution in [1.29, 1.82) is 0 Å². The van der Waals surface area contributed by atoms with Gasteiger partial charge in [-0.05, 0) is 37.0 Å². The molecule has 2 rings (SSSR count). The van der Waals surface area contributed by atoms with Gasteiger partial charge in [0.05, 0.1) is 0 Å². The van der Waals surface area contributed by atoms with E-state index in [0.717, 1.165) is 12.8 Å². The van der Waals surface area contributed by atoms with Crippen LogP contribution in [0.2, 0.25) is 0 Å². The summed E-state index contributed by atoms with van der Waals surface area (Å²) in [7, 11) is 0. The third-order valence-corrected chi connectivity index (χ3v) is 3.50. The van der Waals surface area contributed by atoms with Gasteiger partial charge in [0.2, 0.25) is 0 Å². The van der Waals surface area contributed by atoms with E-state index >= 15 is 0 Å². The van der Waals surface area contributed by atoms with Crippen molar-refractivity contribution in [2.75, 3.05) is 18.8 Å². The van der Waals surface area contributed by atoms with Gasteiger partial charge >= 0.3 is 5.97 Å². The number of carbonyl (C=O) groups excluding carboxylic acids is 1. The quantitative estimate of drug-likeness (QED) is 0.810. The molecule has 0 radical (unpaired) electrons. The van der Waals surface area contributed by atoms with Crippen molar-refractivity contribution in [2.24, 2.45) is 5.92 Å². The average Bonchev–Trinajstić information content (AvgIpc) is 2.38. The third-order valence-electron chi connectivity index (χ3n) is 3.50. The molecule has 1 amide bonds. The van der Waals surface area contributed by atoms with E-state index in [4.69, 9.17) is 10.8 Å². The number of rotatable bonds is 3. The Labute approximate surface area is 112 Å². The molecular formula is C14H18N2O3. The number of nitrogens with two attached hydrogens (primary N) is 1. The van der Waals surface area contributed by atoms with Crippen molar-refractivity contribution >= 4 is 17.6 Å². The van der Waals surface area contributed by atoms with E-state index in [1.54, 1.807) is 29.2 Å². The number of carboxylic acid groups (broad SMARTS) is 1. The Hall–Kier alpha value is -2.04. The predicted octanol–water partition coefficient (Wildman–Crippen LogP) is 1.60. The van der Waals surface area contributed by atoms with E-state index in [-0.39, 0.29) is 18.2 Å². The minimum atomic E-state index is -0.763. The second-order valence-corrected chi connectivity index (χ2v) is 4.96. The molecule has 1 aliphatic heterocycles. The summed E-state index contributed by atoms with van der Waals surface area (Å²) in [6.07, 6.45) is 1.70. The number of nitrogen functional groups attached to an aromatic ring is 1. The molecule has 0 aliphatic carbocycles. The third kappa shape index (κ3) is 3.47. The molecule has 5 nitrogen and oxygen atoms in total. The molecule has 0 bridgehead atoms. The number of amides is 1. The molecule has 102 valence electrons. The Morgan fingerprint density at radius 2 is 2.00 bits per heavy atom. The van der Waals surface area contributed by atoms with Crippen LogP contribution in [0.5, 0.6) is 0 Å². The molecule has 0 atom stereocenters. The number of benzene rings is 1.